The van der Waals surface area contributed by atoms with Crippen LogP contribution >= 0.6 is 0 Å². The molecule has 0 aliphatic carbocycles. The second-order valence-electron chi connectivity index (χ2n) is 4.38. The summed E-state index contributed by atoms with van der Waals surface area (Å²) in [6, 6.07) is 0. The van der Waals surface area contributed by atoms with E-state index in [1.54, 1.807) is 0 Å². The van der Waals surface area contributed by atoms with Gasteiger partial charge in [0, 0.05) is 5.92 Å². The first-order valence-corrected chi connectivity index (χ1v) is 5.43. The maximum atomic E-state index is 10.1. The fourth-order valence-electron chi connectivity index (χ4n) is 2.31. The van der Waals surface area contributed by atoms with Gasteiger partial charge in [-0.15, -0.1) is 0 Å². The Morgan fingerprint density at radius 2 is 2.00 bits per heavy atom. The zero-order chi connectivity index (χ0) is 10.1. The van der Waals surface area contributed by atoms with Gasteiger partial charge in [0.1, 0.15) is 0 Å². The van der Waals surface area contributed by atoms with E-state index in [1.165, 1.54) is 0 Å². The molecule has 0 radical (unpaired) electrons. The van der Waals surface area contributed by atoms with E-state index in [0.29, 0.717) is 12.3 Å². The highest BCUT2D eigenvalue weighted by atomic mass is 16.6. The molecule has 0 aromatic carbocycles. The highest BCUT2D eigenvalue weighted by Gasteiger charge is 2.42. The summed E-state index contributed by atoms with van der Waals surface area (Å²) in [5.41, 5.74) is 0. The van der Waals surface area contributed by atoms with Crippen LogP contribution < -0.4 is 0 Å². The molecule has 0 aromatic heterocycles. The van der Waals surface area contributed by atoms with Gasteiger partial charge in [-0.2, -0.15) is 0 Å². The van der Waals surface area contributed by atoms with Crippen LogP contribution in [0.15, 0.2) is 0 Å². The summed E-state index contributed by atoms with van der Waals surface area (Å²) >= 11 is 0. The topological polar surface area (TPSA) is 29.5 Å². The van der Waals surface area contributed by atoms with Crippen LogP contribution in [0.4, 0.5) is 0 Å². The van der Waals surface area contributed by atoms with E-state index >= 15 is 0 Å². The van der Waals surface area contributed by atoms with Gasteiger partial charge in [-0.05, 0) is 25.2 Å². The maximum absolute atomic E-state index is 10.1. The van der Waals surface area contributed by atoms with Crippen LogP contribution in [0.5, 0.6) is 0 Å². The lowest BCUT2D eigenvalue weighted by molar-refractivity contribution is -0.293. The number of aliphatic hydroxyl groups is 1. The first-order chi connectivity index (χ1) is 6.03. The highest BCUT2D eigenvalue weighted by Crippen LogP contribution is 2.38. The molecule has 0 spiro atoms. The van der Waals surface area contributed by atoms with E-state index in [9.17, 15) is 5.11 Å². The van der Waals surface area contributed by atoms with Crippen molar-refractivity contribution < 1.29 is 9.84 Å². The van der Waals surface area contributed by atoms with Crippen LogP contribution in [0.1, 0.15) is 47.0 Å². The van der Waals surface area contributed by atoms with Crippen molar-refractivity contribution in [1.82, 2.24) is 0 Å². The standard InChI is InChI=1S/C11H22O2/c1-5-10-8(3)7-9(4)11(12,6-2)13-10/h8-10,12H,5-7H2,1-4H3/t8-,9-,10-,11?/m1/s1. The van der Waals surface area contributed by atoms with Gasteiger partial charge in [0.15, 0.2) is 5.79 Å². The van der Waals surface area contributed by atoms with Crippen molar-refractivity contribution in [1.29, 1.82) is 0 Å². The lowest BCUT2D eigenvalue weighted by Crippen LogP contribution is -2.49. The SMILES string of the molecule is CC[C@H]1OC(O)(CC)[C@H](C)C[C@H]1C. The first-order valence-electron chi connectivity index (χ1n) is 5.43. The first kappa shape index (κ1) is 11.0. The van der Waals surface area contributed by atoms with Crippen molar-refractivity contribution >= 4 is 0 Å². The second kappa shape index (κ2) is 3.97. The predicted octanol–water partition coefficient (Wildman–Crippen LogP) is 2.56. The van der Waals surface area contributed by atoms with Gasteiger partial charge in [0.05, 0.1) is 6.10 Å². The molecule has 1 fully saturated rings. The van der Waals surface area contributed by atoms with E-state index in [-0.39, 0.29) is 12.0 Å². The summed E-state index contributed by atoms with van der Waals surface area (Å²) in [6.07, 6.45) is 3.00. The average Bonchev–Trinajstić information content (AvgIpc) is 2.11. The smallest absolute Gasteiger partial charge is 0.168 e. The lowest BCUT2D eigenvalue weighted by atomic mass is 9.82. The Hall–Kier alpha value is -0.0800. The third-order valence-corrected chi connectivity index (χ3v) is 3.39. The minimum Gasteiger partial charge on any atom is -0.365 e. The van der Waals surface area contributed by atoms with Gasteiger partial charge in [-0.3, -0.25) is 0 Å². The van der Waals surface area contributed by atoms with E-state index in [4.69, 9.17) is 4.74 Å². The van der Waals surface area contributed by atoms with E-state index in [0.717, 1.165) is 12.8 Å². The van der Waals surface area contributed by atoms with Gasteiger partial charge >= 0.3 is 0 Å². The Labute approximate surface area is 81.3 Å². The molecule has 0 aromatic rings. The molecular weight excluding hydrogens is 164 g/mol. The molecule has 1 unspecified atom stereocenters. The molecule has 0 saturated carbocycles. The van der Waals surface area contributed by atoms with Crippen molar-refractivity contribution in [3.8, 4) is 0 Å². The summed E-state index contributed by atoms with van der Waals surface area (Å²) < 4.78 is 5.75. The van der Waals surface area contributed by atoms with Crippen molar-refractivity contribution in [2.24, 2.45) is 11.8 Å². The molecule has 1 rings (SSSR count). The van der Waals surface area contributed by atoms with Gasteiger partial charge < -0.3 is 9.84 Å². The summed E-state index contributed by atoms with van der Waals surface area (Å²) in [6.45, 7) is 8.39. The van der Waals surface area contributed by atoms with Crippen LogP contribution in [0.25, 0.3) is 0 Å². The van der Waals surface area contributed by atoms with Gasteiger partial charge in [-0.25, -0.2) is 0 Å². The van der Waals surface area contributed by atoms with Crippen molar-refractivity contribution in [3.05, 3.63) is 0 Å². The summed E-state index contributed by atoms with van der Waals surface area (Å²) in [5, 5.41) is 10.1. The minimum atomic E-state index is -0.868. The monoisotopic (exact) mass is 186 g/mol. The van der Waals surface area contributed by atoms with Crippen LogP contribution in [0.2, 0.25) is 0 Å². The largest absolute Gasteiger partial charge is 0.365 e. The van der Waals surface area contributed by atoms with Crippen LogP contribution in [-0.4, -0.2) is 17.0 Å². The quantitative estimate of drug-likeness (QED) is 0.718. The molecule has 78 valence electrons. The molecule has 1 aliphatic heterocycles. The van der Waals surface area contributed by atoms with Crippen LogP contribution in [0, 0.1) is 11.8 Å². The third-order valence-electron chi connectivity index (χ3n) is 3.39. The zero-order valence-corrected chi connectivity index (χ0v) is 9.21. The zero-order valence-electron chi connectivity index (χ0n) is 9.21. The summed E-state index contributed by atoms with van der Waals surface area (Å²) in [5.74, 6) is -0.0326. The Bertz CT molecular complexity index is 169. The second-order valence-corrected chi connectivity index (χ2v) is 4.38. The Kier molecular flexibility index (Phi) is 3.36. The van der Waals surface area contributed by atoms with E-state index in [2.05, 4.69) is 20.8 Å². The van der Waals surface area contributed by atoms with Crippen LogP contribution in [0.3, 0.4) is 0 Å². The molecule has 0 amide bonds. The molecule has 2 nitrogen and oxygen atoms in total. The number of rotatable bonds is 2. The fourth-order valence-corrected chi connectivity index (χ4v) is 2.31. The summed E-state index contributed by atoms with van der Waals surface area (Å²) in [7, 11) is 0. The minimum absolute atomic E-state index is 0.237. The van der Waals surface area contributed by atoms with E-state index < -0.39 is 5.79 Å². The molecule has 1 heterocycles. The average molecular weight is 186 g/mol. The third kappa shape index (κ3) is 2.05. The highest BCUT2D eigenvalue weighted by molar-refractivity contribution is 4.84. The Morgan fingerprint density at radius 3 is 2.46 bits per heavy atom. The summed E-state index contributed by atoms with van der Waals surface area (Å²) in [4.78, 5) is 0. The van der Waals surface area contributed by atoms with Gasteiger partial charge in [0.25, 0.3) is 0 Å². The van der Waals surface area contributed by atoms with Crippen molar-refractivity contribution in [3.63, 3.8) is 0 Å². The number of ether oxygens (including phenoxy) is 1. The molecule has 1 saturated heterocycles. The Morgan fingerprint density at radius 1 is 1.38 bits per heavy atom. The van der Waals surface area contributed by atoms with E-state index in [1.807, 2.05) is 6.92 Å². The molecule has 4 atom stereocenters. The molecule has 13 heavy (non-hydrogen) atoms. The van der Waals surface area contributed by atoms with Crippen LogP contribution in [-0.2, 0) is 4.74 Å². The number of hydrogen-bond acceptors (Lipinski definition) is 2. The van der Waals surface area contributed by atoms with Gasteiger partial charge in [-0.1, -0.05) is 27.7 Å². The number of hydrogen-bond donors (Lipinski definition) is 1. The maximum Gasteiger partial charge on any atom is 0.168 e. The Balaban J connectivity index is 2.69. The lowest BCUT2D eigenvalue weighted by Gasteiger charge is -2.44. The predicted molar refractivity (Wildman–Crippen MR) is 53.3 cm³/mol. The molecule has 0 bridgehead atoms. The van der Waals surface area contributed by atoms with Crippen molar-refractivity contribution in [2.75, 3.05) is 0 Å². The van der Waals surface area contributed by atoms with Gasteiger partial charge in [0.2, 0.25) is 0 Å². The normalized spacial score (nSPS) is 46.4. The molecule has 2 heteroatoms. The van der Waals surface area contributed by atoms with Crippen molar-refractivity contribution in [2.45, 2.75) is 58.8 Å². The molecule has 1 N–H and O–H groups in total. The molecular formula is C11H22O2. The fraction of sp³-hybridized carbons (Fsp3) is 1.00. The molecule has 1 aliphatic rings.